The molecular weight excluding hydrogens is 238 g/mol. The first kappa shape index (κ1) is 14.8. The smallest absolute Gasteiger partial charge is 0.239 e. The number of amides is 1. The van der Waals surface area contributed by atoms with Crippen molar-refractivity contribution in [3.05, 3.63) is 0 Å². The van der Waals surface area contributed by atoms with Crippen LogP contribution in [0.5, 0.6) is 0 Å². The van der Waals surface area contributed by atoms with E-state index in [1.165, 1.54) is 32.4 Å². The van der Waals surface area contributed by atoms with Crippen LogP contribution in [0.3, 0.4) is 0 Å². The number of likely N-dealkylation sites (tertiary alicyclic amines) is 2. The number of carbonyl (C=O) groups is 1. The lowest BCUT2D eigenvalue weighted by atomic mass is 9.84. The summed E-state index contributed by atoms with van der Waals surface area (Å²) in [7, 11) is 2.20. The summed E-state index contributed by atoms with van der Waals surface area (Å²) in [6.07, 6.45) is 3.75. The largest absolute Gasteiger partial charge is 0.341 e. The summed E-state index contributed by atoms with van der Waals surface area (Å²) in [5.41, 5.74) is 5.98. The first-order chi connectivity index (χ1) is 8.99. The van der Waals surface area contributed by atoms with E-state index in [0.717, 1.165) is 19.0 Å². The Kier molecular flexibility index (Phi) is 4.85. The third kappa shape index (κ3) is 3.48. The molecule has 19 heavy (non-hydrogen) atoms. The Balaban J connectivity index is 1.84. The molecule has 4 nitrogen and oxygen atoms in total. The Hall–Kier alpha value is -0.610. The van der Waals surface area contributed by atoms with E-state index < -0.39 is 0 Å². The summed E-state index contributed by atoms with van der Waals surface area (Å²) >= 11 is 0. The van der Waals surface area contributed by atoms with Gasteiger partial charge in [0.1, 0.15) is 0 Å². The van der Waals surface area contributed by atoms with Crippen molar-refractivity contribution in [2.24, 2.45) is 23.5 Å². The zero-order valence-electron chi connectivity index (χ0n) is 12.6. The van der Waals surface area contributed by atoms with Gasteiger partial charge < -0.3 is 15.5 Å². The van der Waals surface area contributed by atoms with Gasteiger partial charge in [-0.15, -0.1) is 0 Å². The van der Waals surface area contributed by atoms with Gasteiger partial charge in [0.25, 0.3) is 0 Å². The highest BCUT2D eigenvalue weighted by Crippen LogP contribution is 2.31. The predicted octanol–water partition coefficient (Wildman–Crippen LogP) is 1.16. The zero-order chi connectivity index (χ0) is 14.0. The number of nitrogens with zero attached hydrogens (tertiary/aromatic N) is 2. The van der Waals surface area contributed by atoms with E-state index in [0.29, 0.717) is 5.92 Å². The molecule has 2 aliphatic heterocycles. The number of piperidine rings is 1. The maximum absolute atomic E-state index is 12.3. The van der Waals surface area contributed by atoms with E-state index in [9.17, 15) is 4.79 Å². The molecule has 2 rings (SSSR count). The summed E-state index contributed by atoms with van der Waals surface area (Å²) < 4.78 is 0. The normalized spacial score (nSPS) is 28.1. The lowest BCUT2D eigenvalue weighted by Gasteiger charge is -2.32. The molecule has 2 heterocycles. The van der Waals surface area contributed by atoms with E-state index in [4.69, 9.17) is 5.73 Å². The molecule has 0 saturated carbocycles. The Labute approximate surface area is 117 Å². The molecular formula is C15H29N3O. The van der Waals surface area contributed by atoms with Gasteiger partial charge in [0.15, 0.2) is 0 Å². The molecule has 2 aliphatic rings. The molecule has 110 valence electrons. The van der Waals surface area contributed by atoms with E-state index in [1.54, 1.807) is 0 Å². The molecule has 1 amide bonds. The van der Waals surface area contributed by atoms with E-state index >= 15 is 0 Å². The first-order valence-corrected chi connectivity index (χ1v) is 7.72. The van der Waals surface area contributed by atoms with Gasteiger partial charge in [0.2, 0.25) is 5.91 Å². The predicted molar refractivity (Wildman–Crippen MR) is 77.7 cm³/mol. The molecule has 0 aromatic heterocycles. The fraction of sp³-hybridized carbons (Fsp3) is 0.933. The minimum atomic E-state index is -0.323. The molecule has 0 aromatic carbocycles. The van der Waals surface area contributed by atoms with Crippen molar-refractivity contribution in [3.63, 3.8) is 0 Å². The van der Waals surface area contributed by atoms with Crippen molar-refractivity contribution in [2.75, 3.05) is 33.2 Å². The van der Waals surface area contributed by atoms with Crippen LogP contribution in [0.4, 0.5) is 0 Å². The van der Waals surface area contributed by atoms with Crippen LogP contribution in [-0.4, -0.2) is 55.0 Å². The number of carbonyl (C=O) groups excluding carboxylic acids is 1. The van der Waals surface area contributed by atoms with Crippen molar-refractivity contribution in [1.82, 2.24) is 9.80 Å². The van der Waals surface area contributed by atoms with Crippen LogP contribution in [-0.2, 0) is 4.79 Å². The van der Waals surface area contributed by atoms with Gasteiger partial charge in [-0.2, -0.15) is 0 Å². The van der Waals surface area contributed by atoms with Crippen LogP contribution in [0.25, 0.3) is 0 Å². The highest BCUT2D eigenvalue weighted by atomic mass is 16.2. The molecule has 2 fully saturated rings. The molecule has 1 unspecified atom stereocenters. The second kappa shape index (κ2) is 6.23. The minimum Gasteiger partial charge on any atom is -0.341 e. The third-order valence-electron chi connectivity index (χ3n) is 4.97. The number of rotatable bonds is 3. The van der Waals surface area contributed by atoms with Gasteiger partial charge in [0, 0.05) is 13.1 Å². The van der Waals surface area contributed by atoms with Crippen molar-refractivity contribution in [2.45, 2.75) is 39.2 Å². The summed E-state index contributed by atoms with van der Waals surface area (Å²) in [6, 6.07) is -0.323. The van der Waals surface area contributed by atoms with E-state index in [2.05, 4.69) is 11.9 Å². The molecule has 0 radical (unpaired) electrons. The SMILES string of the molecule is CC(C)[C@H](N)C(=O)N1CCC(C2CCN(C)CC2)C1. The second-order valence-electron chi connectivity index (χ2n) is 6.74. The van der Waals surface area contributed by atoms with Crippen LogP contribution >= 0.6 is 0 Å². The Bertz CT molecular complexity index is 311. The van der Waals surface area contributed by atoms with E-state index in [1.807, 2.05) is 18.7 Å². The summed E-state index contributed by atoms with van der Waals surface area (Å²) in [5.74, 6) is 1.90. The van der Waals surface area contributed by atoms with Gasteiger partial charge in [-0.05, 0) is 57.2 Å². The molecule has 0 bridgehead atoms. The fourth-order valence-corrected chi connectivity index (χ4v) is 3.37. The maximum Gasteiger partial charge on any atom is 0.239 e. The molecule has 0 aliphatic carbocycles. The molecule has 2 saturated heterocycles. The number of hydrogen-bond acceptors (Lipinski definition) is 3. The van der Waals surface area contributed by atoms with Crippen LogP contribution in [0, 0.1) is 17.8 Å². The van der Waals surface area contributed by atoms with Gasteiger partial charge in [0.05, 0.1) is 6.04 Å². The molecule has 0 aromatic rings. The van der Waals surface area contributed by atoms with Gasteiger partial charge in [-0.25, -0.2) is 0 Å². The minimum absolute atomic E-state index is 0.158. The molecule has 2 atom stereocenters. The Morgan fingerprint density at radius 3 is 2.26 bits per heavy atom. The maximum atomic E-state index is 12.3. The monoisotopic (exact) mass is 267 g/mol. The number of hydrogen-bond donors (Lipinski definition) is 1. The lowest BCUT2D eigenvalue weighted by Crippen LogP contribution is -2.46. The Morgan fingerprint density at radius 1 is 1.11 bits per heavy atom. The topological polar surface area (TPSA) is 49.6 Å². The first-order valence-electron chi connectivity index (χ1n) is 7.72. The van der Waals surface area contributed by atoms with Crippen LogP contribution < -0.4 is 5.73 Å². The second-order valence-corrected chi connectivity index (χ2v) is 6.74. The van der Waals surface area contributed by atoms with Gasteiger partial charge in [-0.3, -0.25) is 4.79 Å². The van der Waals surface area contributed by atoms with E-state index in [-0.39, 0.29) is 17.9 Å². The molecule has 0 spiro atoms. The average molecular weight is 267 g/mol. The molecule has 4 heteroatoms. The average Bonchev–Trinajstić information content (AvgIpc) is 2.87. The van der Waals surface area contributed by atoms with Gasteiger partial charge in [-0.1, -0.05) is 13.8 Å². The van der Waals surface area contributed by atoms with Crippen LogP contribution in [0.1, 0.15) is 33.1 Å². The number of nitrogens with two attached hydrogens (primary N) is 1. The quantitative estimate of drug-likeness (QED) is 0.835. The fourth-order valence-electron chi connectivity index (χ4n) is 3.37. The standard InChI is InChI=1S/C15H29N3O/c1-11(2)14(16)15(19)18-9-6-13(10-18)12-4-7-17(3)8-5-12/h11-14H,4-10,16H2,1-3H3/t13?,14-/m0/s1. The van der Waals surface area contributed by atoms with Crippen molar-refractivity contribution in [3.8, 4) is 0 Å². The third-order valence-corrected chi connectivity index (χ3v) is 4.97. The summed E-state index contributed by atoms with van der Waals surface area (Å²) in [4.78, 5) is 16.7. The van der Waals surface area contributed by atoms with Crippen molar-refractivity contribution in [1.29, 1.82) is 0 Å². The van der Waals surface area contributed by atoms with Crippen LogP contribution in [0.15, 0.2) is 0 Å². The zero-order valence-corrected chi connectivity index (χ0v) is 12.6. The summed E-state index contributed by atoms with van der Waals surface area (Å²) in [6.45, 7) is 8.31. The molecule has 2 N–H and O–H groups in total. The summed E-state index contributed by atoms with van der Waals surface area (Å²) in [5, 5.41) is 0. The van der Waals surface area contributed by atoms with Crippen LogP contribution in [0.2, 0.25) is 0 Å². The van der Waals surface area contributed by atoms with Gasteiger partial charge >= 0.3 is 0 Å². The lowest BCUT2D eigenvalue weighted by molar-refractivity contribution is -0.132. The highest BCUT2D eigenvalue weighted by molar-refractivity contribution is 5.82. The van der Waals surface area contributed by atoms with Crippen molar-refractivity contribution < 1.29 is 4.79 Å². The Morgan fingerprint density at radius 2 is 1.68 bits per heavy atom. The highest BCUT2D eigenvalue weighted by Gasteiger charge is 2.35. The van der Waals surface area contributed by atoms with Crippen molar-refractivity contribution >= 4 is 5.91 Å².